The topological polar surface area (TPSA) is 55.1 Å². The monoisotopic (exact) mass is 212 g/mol. The first kappa shape index (κ1) is 11.0. The minimum atomic E-state index is -0.692. The number of hydrogen-bond acceptors (Lipinski definition) is 3. The number of nitrogens with one attached hydrogen (secondary N) is 1. The molecule has 0 aromatic heterocycles. The molecule has 78 valence electrons. The Morgan fingerprint density at radius 1 is 1.36 bits per heavy atom. The van der Waals surface area contributed by atoms with E-state index in [1.807, 2.05) is 31.2 Å². The molecule has 3 N–H and O–H groups in total. The predicted octanol–water partition coefficient (Wildman–Crippen LogP) is 1.45. The van der Waals surface area contributed by atoms with Crippen LogP contribution >= 0.6 is 0 Å². The van der Waals surface area contributed by atoms with Crippen LogP contribution in [0.5, 0.6) is 0 Å². The van der Waals surface area contributed by atoms with Gasteiger partial charge < -0.3 is 11.1 Å². The first-order valence-electron chi connectivity index (χ1n) is 4.66. The third-order valence-electron chi connectivity index (χ3n) is 1.89. The van der Waals surface area contributed by atoms with Crippen LogP contribution in [0.25, 0.3) is 0 Å². The third-order valence-corrected chi connectivity index (χ3v) is 3.19. The van der Waals surface area contributed by atoms with E-state index in [1.54, 1.807) is 0 Å². The highest BCUT2D eigenvalue weighted by Crippen LogP contribution is 2.09. The van der Waals surface area contributed by atoms with Crippen LogP contribution in [0, 0.1) is 0 Å². The molecule has 4 heteroatoms. The molecule has 0 saturated carbocycles. The lowest BCUT2D eigenvalue weighted by Gasteiger charge is -2.05. The molecule has 1 aromatic rings. The van der Waals surface area contributed by atoms with Gasteiger partial charge in [-0.2, -0.15) is 0 Å². The quantitative estimate of drug-likeness (QED) is 0.726. The maximum Gasteiger partial charge on any atom is 0.0408 e. The highest BCUT2D eigenvalue weighted by Gasteiger charge is 1.95. The van der Waals surface area contributed by atoms with Gasteiger partial charge in [-0.05, 0) is 24.3 Å². The lowest BCUT2D eigenvalue weighted by atomic mass is 10.3. The van der Waals surface area contributed by atoms with Crippen LogP contribution in [0.1, 0.15) is 6.92 Å². The van der Waals surface area contributed by atoms with Crippen LogP contribution in [0.3, 0.4) is 0 Å². The van der Waals surface area contributed by atoms with E-state index in [0.717, 1.165) is 23.7 Å². The maximum absolute atomic E-state index is 11.1. The predicted molar refractivity (Wildman–Crippen MR) is 62.9 cm³/mol. The summed E-state index contributed by atoms with van der Waals surface area (Å²) in [7, 11) is -0.692. The average Bonchev–Trinajstić information content (AvgIpc) is 2.21. The van der Waals surface area contributed by atoms with Crippen LogP contribution < -0.4 is 11.1 Å². The minimum absolute atomic E-state index is 0.692. The van der Waals surface area contributed by atoms with Gasteiger partial charge in [0.05, 0.1) is 0 Å². The number of hydrogen-bond donors (Lipinski definition) is 2. The van der Waals surface area contributed by atoms with Crippen molar-refractivity contribution in [1.29, 1.82) is 0 Å². The standard InChI is InChI=1S/C10H16N2OS/c1-2-14(13)8-7-12-10-5-3-9(11)4-6-10/h3-6,12H,2,7-8,11H2,1H3. The van der Waals surface area contributed by atoms with Crippen molar-refractivity contribution < 1.29 is 4.21 Å². The van der Waals surface area contributed by atoms with Crippen molar-refractivity contribution in [3.63, 3.8) is 0 Å². The molecule has 0 aliphatic rings. The molecule has 0 fully saturated rings. The summed E-state index contributed by atoms with van der Waals surface area (Å²) >= 11 is 0. The summed E-state index contributed by atoms with van der Waals surface area (Å²) in [6, 6.07) is 7.53. The SMILES string of the molecule is CCS(=O)CCNc1ccc(N)cc1. The second-order valence-corrected chi connectivity index (χ2v) is 4.85. The minimum Gasteiger partial charge on any atom is -0.399 e. The number of nitrogen functional groups attached to an aromatic ring is 1. The molecule has 0 saturated heterocycles. The molecule has 0 aliphatic heterocycles. The normalized spacial score (nSPS) is 12.4. The van der Waals surface area contributed by atoms with Crippen LogP contribution in [-0.2, 0) is 10.8 Å². The van der Waals surface area contributed by atoms with E-state index >= 15 is 0 Å². The molecule has 0 spiro atoms. The Kier molecular flexibility index (Phi) is 4.46. The molecule has 0 amide bonds. The highest BCUT2D eigenvalue weighted by molar-refractivity contribution is 7.84. The average molecular weight is 212 g/mol. The molecule has 14 heavy (non-hydrogen) atoms. The first-order chi connectivity index (χ1) is 6.72. The Morgan fingerprint density at radius 3 is 2.57 bits per heavy atom. The second kappa shape index (κ2) is 5.65. The number of rotatable bonds is 5. The third kappa shape index (κ3) is 3.79. The van der Waals surface area contributed by atoms with Gasteiger partial charge in [-0.25, -0.2) is 0 Å². The van der Waals surface area contributed by atoms with Crippen molar-refractivity contribution in [2.45, 2.75) is 6.92 Å². The van der Waals surface area contributed by atoms with E-state index in [9.17, 15) is 4.21 Å². The Labute approximate surface area is 87.2 Å². The van der Waals surface area contributed by atoms with Crippen molar-refractivity contribution >= 4 is 22.2 Å². The lowest BCUT2D eigenvalue weighted by molar-refractivity contribution is 0.684. The Morgan fingerprint density at radius 2 is 2.00 bits per heavy atom. The zero-order valence-electron chi connectivity index (χ0n) is 8.32. The van der Waals surface area contributed by atoms with Gasteiger partial charge in [0.15, 0.2) is 0 Å². The molecule has 1 aromatic carbocycles. The van der Waals surface area contributed by atoms with Gasteiger partial charge in [-0.3, -0.25) is 4.21 Å². The van der Waals surface area contributed by atoms with Gasteiger partial charge in [0, 0.05) is 40.2 Å². The summed E-state index contributed by atoms with van der Waals surface area (Å²) in [6.45, 7) is 2.67. The van der Waals surface area contributed by atoms with Gasteiger partial charge in [0.2, 0.25) is 0 Å². The van der Waals surface area contributed by atoms with Gasteiger partial charge in [-0.1, -0.05) is 6.92 Å². The summed E-state index contributed by atoms with van der Waals surface area (Å²) in [5.74, 6) is 1.42. The molecule has 0 aliphatic carbocycles. The highest BCUT2D eigenvalue weighted by atomic mass is 32.2. The van der Waals surface area contributed by atoms with E-state index in [2.05, 4.69) is 5.32 Å². The number of nitrogens with two attached hydrogens (primary N) is 1. The van der Waals surface area contributed by atoms with E-state index in [0.29, 0.717) is 5.75 Å². The van der Waals surface area contributed by atoms with E-state index < -0.39 is 10.8 Å². The zero-order chi connectivity index (χ0) is 10.4. The lowest BCUT2D eigenvalue weighted by Crippen LogP contribution is -2.11. The molecular weight excluding hydrogens is 196 g/mol. The van der Waals surface area contributed by atoms with Crippen LogP contribution in [0.2, 0.25) is 0 Å². The fraction of sp³-hybridized carbons (Fsp3) is 0.400. The van der Waals surface area contributed by atoms with Crippen molar-refractivity contribution in [1.82, 2.24) is 0 Å². The number of benzene rings is 1. The Hall–Kier alpha value is -1.03. The maximum atomic E-state index is 11.1. The number of anilines is 2. The molecule has 3 nitrogen and oxygen atoms in total. The summed E-state index contributed by atoms with van der Waals surface area (Å²) < 4.78 is 11.1. The summed E-state index contributed by atoms with van der Waals surface area (Å²) in [6.07, 6.45) is 0. The van der Waals surface area contributed by atoms with Crippen LogP contribution in [0.4, 0.5) is 11.4 Å². The van der Waals surface area contributed by atoms with Gasteiger partial charge >= 0.3 is 0 Å². The molecule has 0 heterocycles. The molecule has 1 rings (SSSR count). The van der Waals surface area contributed by atoms with Gasteiger partial charge in [-0.15, -0.1) is 0 Å². The summed E-state index contributed by atoms with van der Waals surface area (Å²) in [4.78, 5) is 0. The summed E-state index contributed by atoms with van der Waals surface area (Å²) in [5.41, 5.74) is 7.33. The molecule has 1 unspecified atom stereocenters. The van der Waals surface area contributed by atoms with Crippen LogP contribution in [0.15, 0.2) is 24.3 Å². The zero-order valence-corrected chi connectivity index (χ0v) is 9.14. The molecule has 1 atom stereocenters. The Balaban J connectivity index is 2.31. The first-order valence-corrected chi connectivity index (χ1v) is 6.15. The van der Waals surface area contributed by atoms with E-state index in [1.165, 1.54) is 0 Å². The van der Waals surface area contributed by atoms with Crippen molar-refractivity contribution in [2.75, 3.05) is 29.1 Å². The Bertz CT molecular complexity index is 297. The van der Waals surface area contributed by atoms with Gasteiger partial charge in [0.1, 0.15) is 0 Å². The van der Waals surface area contributed by atoms with Crippen molar-refractivity contribution in [3.05, 3.63) is 24.3 Å². The van der Waals surface area contributed by atoms with Crippen molar-refractivity contribution in [3.8, 4) is 0 Å². The van der Waals surface area contributed by atoms with E-state index in [-0.39, 0.29) is 0 Å². The largest absolute Gasteiger partial charge is 0.399 e. The molecular formula is C10H16N2OS. The van der Waals surface area contributed by atoms with Crippen molar-refractivity contribution in [2.24, 2.45) is 0 Å². The fourth-order valence-electron chi connectivity index (χ4n) is 1.05. The summed E-state index contributed by atoms with van der Waals surface area (Å²) in [5, 5.41) is 3.19. The smallest absolute Gasteiger partial charge is 0.0408 e. The van der Waals surface area contributed by atoms with Crippen LogP contribution in [-0.4, -0.2) is 22.3 Å². The van der Waals surface area contributed by atoms with E-state index in [4.69, 9.17) is 5.73 Å². The van der Waals surface area contributed by atoms with Gasteiger partial charge in [0.25, 0.3) is 0 Å². The molecule has 0 radical (unpaired) electrons. The fourth-order valence-corrected chi connectivity index (χ4v) is 1.67. The molecule has 0 bridgehead atoms. The second-order valence-electron chi connectivity index (χ2n) is 2.98.